The highest BCUT2D eigenvalue weighted by Crippen LogP contribution is 2.38. The second kappa shape index (κ2) is 10.6. The molecule has 0 bridgehead atoms. The fourth-order valence-electron chi connectivity index (χ4n) is 3.60. The molecule has 0 saturated carbocycles. The van der Waals surface area contributed by atoms with Gasteiger partial charge in [-0.3, -0.25) is 4.79 Å². The van der Waals surface area contributed by atoms with E-state index in [1.807, 2.05) is 43.3 Å². The molecule has 5 rings (SSSR count). The molecule has 4 aromatic rings. The van der Waals surface area contributed by atoms with Gasteiger partial charge in [0.15, 0.2) is 28.8 Å². The maximum atomic E-state index is 12.5. The molecule has 1 aromatic heterocycles. The number of rotatable bonds is 8. The Labute approximate surface area is 223 Å². The monoisotopic (exact) mass is 614 g/mol. The average Bonchev–Trinajstić information content (AvgIpc) is 3.50. The van der Waals surface area contributed by atoms with Crippen LogP contribution >= 0.6 is 31.9 Å². The molecule has 2 heterocycles. The zero-order valence-electron chi connectivity index (χ0n) is 19.0. The third-order valence-corrected chi connectivity index (χ3v) is 6.32. The van der Waals surface area contributed by atoms with Gasteiger partial charge in [0, 0.05) is 9.86 Å². The van der Waals surface area contributed by atoms with E-state index in [4.69, 9.17) is 23.4 Å². The Bertz CT molecular complexity index is 1470. The summed E-state index contributed by atoms with van der Waals surface area (Å²) in [6.45, 7) is 2.88. The molecule has 8 nitrogen and oxygen atoms in total. The zero-order chi connectivity index (χ0) is 25.1. The lowest BCUT2D eigenvalue weighted by Crippen LogP contribution is -2.16. The van der Waals surface area contributed by atoms with Crippen molar-refractivity contribution in [2.45, 2.75) is 13.5 Å². The first-order valence-electron chi connectivity index (χ1n) is 11.0. The van der Waals surface area contributed by atoms with Gasteiger partial charge in [0.05, 0.1) is 17.3 Å². The Kier molecular flexibility index (Phi) is 7.15. The summed E-state index contributed by atoms with van der Waals surface area (Å²) in [7, 11) is 0. The number of carbonyl (C=O) groups is 1. The van der Waals surface area contributed by atoms with Crippen LogP contribution in [0.15, 0.2) is 73.1 Å². The van der Waals surface area contributed by atoms with Gasteiger partial charge >= 0.3 is 5.91 Å². The number of nitrogens with zero attached hydrogens (tertiary/aromatic N) is 1. The number of carbonyl (C=O) groups excluding carboxylic acids is 1. The number of nitrogens with one attached hydrogen (secondary N) is 1. The highest BCUT2D eigenvalue weighted by atomic mass is 79.9. The summed E-state index contributed by atoms with van der Waals surface area (Å²) < 4.78 is 29.8. The molecule has 0 unspecified atom stereocenters. The predicted octanol–water partition coefficient (Wildman–Crippen LogP) is 6.43. The molecular weight excluding hydrogens is 596 g/mol. The van der Waals surface area contributed by atoms with Crippen LogP contribution in [0.4, 0.5) is 0 Å². The van der Waals surface area contributed by atoms with Gasteiger partial charge in [0.2, 0.25) is 6.79 Å². The fraction of sp³-hybridized carbons (Fsp3) is 0.154. The van der Waals surface area contributed by atoms with Gasteiger partial charge < -0.3 is 23.4 Å². The first-order chi connectivity index (χ1) is 17.5. The van der Waals surface area contributed by atoms with Crippen molar-refractivity contribution < 1.29 is 28.2 Å². The molecule has 0 spiro atoms. The van der Waals surface area contributed by atoms with E-state index >= 15 is 0 Å². The van der Waals surface area contributed by atoms with E-state index in [2.05, 4.69) is 42.4 Å². The Morgan fingerprint density at radius 3 is 2.78 bits per heavy atom. The van der Waals surface area contributed by atoms with Crippen molar-refractivity contribution in [1.29, 1.82) is 0 Å². The fourth-order valence-corrected chi connectivity index (χ4v) is 4.55. The molecule has 1 N–H and O–H groups in total. The summed E-state index contributed by atoms with van der Waals surface area (Å²) in [6.07, 6.45) is 1.52. The molecule has 0 aliphatic carbocycles. The minimum Gasteiger partial charge on any atom is -0.490 e. The Morgan fingerprint density at radius 2 is 1.92 bits per heavy atom. The first kappa shape index (κ1) is 24.2. The average molecular weight is 616 g/mol. The highest BCUT2D eigenvalue weighted by molar-refractivity contribution is 9.10. The number of hydrazone groups is 1. The molecule has 1 amide bonds. The number of fused-ring (bicyclic) bond motifs is 2. The van der Waals surface area contributed by atoms with Crippen LogP contribution in [-0.2, 0) is 6.61 Å². The van der Waals surface area contributed by atoms with Gasteiger partial charge in [-0.2, -0.15) is 5.10 Å². The SMILES string of the molecule is CCOc1cc(/C=N/NC(=O)c2cc3cc(Br)ccc3o2)cc(Br)c1OCc1ccc2c(c1)OCO2. The highest BCUT2D eigenvalue weighted by Gasteiger charge is 2.16. The van der Waals surface area contributed by atoms with Gasteiger partial charge in [-0.15, -0.1) is 0 Å². The van der Waals surface area contributed by atoms with Crippen LogP contribution in [-0.4, -0.2) is 25.5 Å². The van der Waals surface area contributed by atoms with Crippen LogP contribution in [0.3, 0.4) is 0 Å². The molecule has 0 saturated heterocycles. The van der Waals surface area contributed by atoms with Crippen molar-refractivity contribution in [2.24, 2.45) is 5.10 Å². The quantitative estimate of drug-likeness (QED) is 0.181. The van der Waals surface area contributed by atoms with Crippen LogP contribution in [0.2, 0.25) is 0 Å². The predicted molar refractivity (Wildman–Crippen MR) is 141 cm³/mol. The van der Waals surface area contributed by atoms with E-state index in [1.54, 1.807) is 18.2 Å². The van der Waals surface area contributed by atoms with Crippen LogP contribution in [0.1, 0.15) is 28.6 Å². The van der Waals surface area contributed by atoms with Crippen LogP contribution in [0.5, 0.6) is 23.0 Å². The van der Waals surface area contributed by atoms with Crippen molar-refractivity contribution in [2.75, 3.05) is 13.4 Å². The third-order valence-electron chi connectivity index (χ3n) is 5.23. The van der Waals surface area contributed by atoms with Crippen molar-refractivity contribution >= 4 is 55.0 Å². The van der Waals surface area contributed by atoms with E-state index in [-0.39, 0.29) is 12.6 Å². The standard InChI is InChI=1S/C26H20Br2N2O6/c1-2-32-23-9-16(12-29-30-26(31)24-11-17-10-18(27)4-6-20(17)36-24)7-19(28)25(23)33-13-15-3-5-21-22(8-15)35-14-34-21/h3-12H,2,13-14H2,1H3,(H,30,31)/b29-12+. The van der Waals surface area contributed by atoms with Crippen molar-refractivity contribution in [3.05, 3.63) is 80.4 Å². The van der Waals surface area contributed by atoms with Crippen LogP contribution < -0.4 is 24.4 Å². The molecule has 3 aromatic carbocycles. The van der Waals surface area contributed by atoms with Crippen LogP contribution in [0.25, 0.3) is 11.0 Å². The number of furan rings is 1. The molecular formula is C26H20Br2N2O6. The van der Waals surface area contributed by atoms with Gasteiger partial charge in [-0.05, 0) is 82.5 Å². The summed E-state index contributed by atoms with van der Waals surface area (Å²) >= 11 is 6.96. The second-order valence-corrected chi connectivity index (χ2v) is 9.50. The minimum atomic E-state index is -0.452. The van der Waals surface area contributed by atoms with E-state index in [9.17, 15) is 4.79 Å². The van der Waals surface area contributed by atoms with Crippen LogP contribution in [0, 0.1) is 0 Å². The Balaban J connectivity index is 1.27. The molecule has 184 valence electrons. The zero-order valence-corrected chi connectivity index (χ0v) is 22.2. The normalized spacial score (nSPS) is 12.3. The van der Waals surface area contributed by atoms with Gasteiger partial charge in [0.25, 0.3) is 0 Å². The maximum Gasteiger partial charge on any atom is 0.307 e. The van der Waals surface area contributed by atoms with E-state index < -0.39 is 5.91 Å². The van der Waals surface area contributed by atoms with E-state index in [1.165, 1.54) is 6.21 Å². The smallest absolute Gasteiger partial charge is 0.307 e. The maximum absolute atomic E-state index is 12.5. The number of ether oxygens (including phenoxy) is 4. The van der Waals surface area contributed by atoms with E-state index in [0.29, 0.717) is 46.1 Å². The number of halogens is 2. The van der Waals surface area contributed by atoms with E-state index in [0.717, 1.165) is 21.2 Å². The minimum absolute atomic E-state index is 0.170. The van der Waals surface area contributed by atoms with Crippen molar-refractivity contribution in [3.8, 4) is 23.0 Å². The summed E-state index contributed by atoms with van der Waals surface area (Å²) in [5.74, 6) is 2.24. The van der Waals surface area contributed by atoms with Gasteiger partial charge in [0.1, 0.15) is 12.2 Å². The van der Waals surface area contributed by atoms with Gasteiger partial charge in [-0.25, -0.2) is 5.43 Å². The second-order valence-electron chi connectivity index (χ2n) is 7.73. The summed E-state index contributed by atoms with van der Waals surface area (Å²) in [5.41, 5.74) is 4.74. The Hall–Kier alpha value is -3.50. The lowest BCUT2D eigenvalue weighted by molar-refractivity contribution is 0.0929. The molecule has 36 heavy (non-hydrogen) atoms. The third kappa shape index (κ3) is 5.34. The number of amides is 1. The largest absolute Gasteiger partial charge is 0.490 e. The number of benzene rings is 3. The molecule has 0 radical (unpaired) electrons. The molecule has 10 heteroatoms. The van der Waals surface area contributed by atoms with Crippen molar-refractivity contribution in [1.82, 2.24) is 5.43 Å². The number of hydrogen-bond acceptors (Lipinski definition) is 7. The summed E-state index contributed by atoms with van der Waals surface area (Å²) in [4.78, 5) is 12.5. The summed E-state index contributed by atoms with van der Waals surface area (Å²) in [6, 6.07) is 16.5. The Morgan fingerprint density at radius 1 is 1.06 bits per heavy atom. The molecule has 0 atom stereocenters. The van der Waals surface area contributed by atoms with Crippen molar-refractivity contribution in [3.63, 3.8) is 0 Å². The molecule has 1 aliphatic heterocycles. The summed E-state index contributed by atoms with van der Waals surface area (Å²) in [5, 5.41) is 4.89. The topological polar surface area (TPSA) is 91.5 Å². The molecule has 0 fully saturated rings. The van der Waals surface area contributed by atoms with Gasteiger partial charge in [-0.1, -0.05) is 22.0 Å². The molecule has 1 aliphatic rings. The lowest BCUT2D eigenvalue weighted by Gasteiger charge is -2.15. The lowest BCUT2D eigenvalue weighted by atomic mass is 10.2. The number of hydrogen-bond donors (Lipinski definition) is 1. The first-order valence-corrected chi connectivity index (χ1v) is 12.6.